The first kappa shape index (κ1) is 13.0. The van der Waals surface area contributed by atoms with E-state index in [1.165, 1.54) is 0 Å². The third kappa shape index (κ3) is 2.88. The molecule has 0 radical (unpaired) electrons. The molecule has 18 heavy (non-hydrogen) atoms. The van der Waals surface area contributed by atoms with Gasteiger partial charge in [0.2, 0.25) is 0 Å². The van der Waals surface area contributed by atoms with E-state index in [4.69, 9.17) is 9.47 Å². The average molecular weight is 250 g/mol. The van der Waals surface area contributed by atoms with Crippen LogP contribution in [0, 0.1) is 0 Å². The molecule has 0 amide bonds. The van der Waals surface area contributed by atoms with Gasteiger partial charge in [-0.25, -0.2) is 0 Å². The molecule has 4 nitrogen and oxygen atoms in total. The van der Waals surface area contributed by atoms with Crippen molar-refractivity contribution in [2.45, 2.75) is 19.4 Å². The van der Waals surface area contributed by atoms with Crippen LogP contribution >= 0.6 is 0 Å². The normalized spacial score (nSPS) is 20.4. The van der Waals surface area contributed by atoms with Crippen LogP contribution in [-0.2, 0) is 0 Å². The molecule has 0 spiro atoms. The summed E-state index contributed by atoms with van der Waals surface area (Å²) in [5, 5.41) is 3.50. The van der Waals surface area contributed by atoms with E-state index >= 15 is 0 Å². The summed E-state index contributed by atoms with van der Waals surface area (Å²) in [4.78, 5) is 2.37. The minimum absolute atomic E-state index is 0.489. The molecule has 2 rings (SSSR count). The summed E-state index contributed by atoms with van der Waals surface area (Å²) in [5.74, 6) is 1.78. The number of hydrogen-bond acceptors (Lipinski definition) is 4. The van der Waals surface area contributed by atoms with Crippen molar-refractivity contribution in [2.24, 2.45) is 0 Å². The van der Waals surface area contributed by atoms with Gasteiger partial charge < -0.3 is 19.7 Å². The maximum atomic E-state index is 5.46. The lowest BCUT2D eigenvalue weighted by Crippen LogP contribution is -2.35. The Balaban J connectivity index is 2.28. The number of nitrogens with zero attached hydrogens (tertiary/aromatic N) is 1. The van der Waals surface area contributed by atoms with Gasteiger partial charge in [-0.1, -0.05) is 0 Å². The second kappa shape index (κ2) is 5.96. The smallest absolute Gasteiger partial charge is 0.142 e. The van der Waals surface area contributed by atoms with Crippen LogP contribution in [-0.4, -0.2) is 39.9 Å². The Hall–Kier alpha value is -1.42. The minimum atomic E-state index is 0.489. The van der Waals surface area contributed by atoms with Gasteiger partial charge in [0.05, 0.1) is 19.9 Å². The van der Waals surface area contributed by atoms with Crippen LogP contribution in [0.25, 0.3) is 0 Å². The number of anilines is 1. The zero-order valence-electron chi connectivity index (χ0n) is 11.4. The molecule has 4 heteroatoms. The summed E-state index contributed by atoms with van der Waals surface area (Å²) in [6.07, 6.45) is 1.14. The molecule has 1 aromatic rings. The molecule has 1 aliphatic heterocycles. The van der Waals surface area contributed by atoms with Crippen LogP contribution in [0.1, 0.15) is 13.3 Å². The fourth-order valence-corrected chi connectivity index (χ4v) is 2.37. The van der Waals surface area contributed by atoms with Crippen LogP contribution in [0.4, 0.5) is 5.69 Å². The van der Waals surface area contributed by atoms with Crippen LogP contribution in [0.15, 0.2) is 18.2 Å². The first-order valence-electron chi connectivity index (χ1n) is 6.45. The highest BCUT2D eigenvalue weighted by atomic mass is 16.5. The molecular formula is C14H22N2O2. The van der Waals surface area contributed by atoms with Crippen molar-refractivity contribution in [3.8, 4) is 11.5 Å². The summed E-state index contributed by atoms with van der Waals surface area (Å²) in [6.45, 7) is 5.32. The van der Waals surface area contributed by atoms with Crippen molar-refractivity contribution >= 4 is 5.69 Å². The van der Waals surface area contributed by atoms with E-state index in [0.717, 1.165) is 43.2 Å². The predicted octanol–water partition coefficient (Wildman–Crippen LogP) is 1.89. The molecule has 0 saturated carbocycles. The number of methoxy groups -OCH3 is 2. The fourth-order valence-electron chi connectivity index (χ4n) is 2.37. The van der Waals surface area contributed by atoms with Crippen molar-refractivity contribution in [3.05, 3.63) is 18.2 Å². The predicted molar refractivity (Wildman–Crippen MR) is 73.8 cm³/mol. The van der Waals surface area contributed by atoms with E-state index in [1.807, 2.05) is 12.1 Å². The van der Waals surface area contributed by atoms with Crippen molar-refractivity contribution in [1.29, 1.82) is 0 Å². The number of benzene rings is 1. The van der Waals surface area contributed by atoms with Crippen LogP contribution in [0.3, 0.4) is 0 Å². The van der Waals surface area contributed by atoms with E-state index < -0.39 is 0 Å². The first-order valence-corrected chi connectivity index (χ1v) is 6.45. The fraction of sp³-hybridized carbons (Fsp3) is 0.571. The van der Waals surface area contributed by atoms with Gasteiger partial charge in [-0.15, -0.1) is 0 Å². The van der Waals surface area contributed by atoms with Gasteiger partial charge in [0, 0.05) is 25.2 Å². The number of nitrogens with one attached hydrogen (secondary N) is 1. The molecule has 1 fully saturated rings. The summed E-state index contributed by atoms with van der Waals surface area (Å²) in [5.41, 5.74) is 1.12. The largest absolute Gasteiger partial charge is 0.497 e. The van der Waals surface area contributed by atoms with E-state index in [2.05, 4.69) is 23.2 Å². The van der Waals surface area contributed by atoms with Gasteiger partial charge in [0.15, 0.2) is 0 Å². The maximum absolute atomic E-state index is 5.46. The molecule has 1 N–H and O–H groups in total. The highest BCUT2D eigenvalue weighted by Crippen LogP contribution is 2.32. The molecule has 1 aromatic carbocycles. The summed E-state index contributed by atoms with van der Waals surface area (Å²) in [7, 11) is 3.41. The van der Waals surface area contributed by atoms with Crippen molar-refractivity contribution in [1.82, 2.24) is 5.32 Å². The van der Waals surface area contributed by atoms with Crippen LogP contribution < -0.4 is 19.7 Å². The van der Waals surface area contributed by atoms with Crippen LogP contribution in [0.2, 0.25) is 0 Å². The van der Waals surface area contributed by atoms with Gasteiger partial charge in [0.25, 0.3) is 0 Å². The summed E-state index contributed by atoms with van der Waals surface area (Å²) < 4.78 is 10.8. The third-order valence-electron chi connectivity index (χ3n) is 3.32. The minimum Gasteiger partial charge on any atom is -0.497 e. The lowest BCUT2D eigenvalue weighted by molar-refractivity contribution is 0.402. The molecule has 0 bridgehead atoms. The maximum Gasteiger partial charge on any atom is 0.142 e. The van der Waals surface area contributed by atoms with Gasteiger partial charge in [-0.3, -0.25) is 0 Å². The quantitative estimate of drug-likeness (QED) is 0.888. The number of hydrogen-bond donors (Lipinski definition) is 1. The second-order valence-corrected chi connectivity index (χ2v) is 4.69. The van der Waals surface area contributed by atoms with E-state index in [9.17, 15) is 0 Å². The van der Waals surface area contributed by atoms with Gasteiger partial charge in [-0.05, 0) is 32.0 Å². The molecule has 1 saturated heterocycles. The molecule has 1 unspecified atom stereocenters. The Kier molecular flexibility index (Phi) is 4.31. The molecule has 1 heterocycles. The Morgan fingerprint density at radius 3 is 2.83 bits per heavy atom. The monoisotopic (exact) mass is 250 g/mol. The van der Waals surface area contributed by atoms with Gasteiger partial charge in [0.1, 0.15) is 11.5 Å². The van der Waals surface area contributed by atoms with Crippen molar-refractivity contribution < 1.29 is 9.47 Å². The molecule has 1 atom stereocenters. The first-order chi connectivity index (χ1) is 8.74. The zero-order valence-corrected chi connectivity index (χ0v) is 11.4. The molecular weight excluding hydrogens is 228 g/mol. The van der Waals surface area contributed by atoms with E-state index in [-0.39, 0.29) is 0 Å². The van der Waals surface area contributed by atoms with Gasteiger partial charge >= 0.3 is 0 Å². The van der Waals surface area contributed by atoms with Crippen molar-refractivity contribution in [3.63, 3.8) is 0 Å². The van der Waals surface area contributed by atoms with E-state index in [0.29, 0.717) is 6.04 Å². The Bertz CT molecular complexity index is 395. The summed E-state index contributed by atoms with van der Waals surface area (Å²) >= 11 is 0. The molecule has 0 aliphatic carbocycles. The lowest BCUT2D eigenvalue weighted by atomic mass is 10.2. The average Bonchev–Trinajstić information content (AvgIpc) is 2.62. The topological polar surface area (TPSA) is 33.7 Å². The van der Waals surface area contributed by atoms with E-state index in [1.54, 1.807) is 14.2 Å². The standard InChI is InChI=1S/C14H22N2O2/c1-11-10-16(8-4-7-15-11)13-9-12(17-2)5-6-14(13)18-3/h5-6,9,11,15H,4,7-8,10H2,1-3H3. The molecule has 100 valence electrons. The second-order valence-electron chi connectivity index (χ2n) is 4.69. The summed E-state index contributed by atoms with van der Waals surface area (Å²) in [6, 6.07) is 6.44. The van der Waals surface area contributed by atoms with Crippen LogP contribution in [0.5, 0.6) is 11.5 Å². The number of ether oxygens (including phenoxy) is 2. The third-order valence-corrected chi connectivity index (χ3v) is 3.32. The molecule has 0 aromatic heterocycles. The Morgan fingerprint density at radius 1 is 1.28 bits per heavy atom. The highest BCUT2D eigenvalue weighted by molar-refractivity contribution is 5.61. The van der Waals surface area contributed by atoms with Gasteiger partial charge in [-0.2, -0.15) is 0 Å². The highest BCUT2D eigenvalue weighted by Gasteiger charge is 2.18. The number of rotatable bonds is 3. The Labute approximate surface area is 109 Å². The SMILES string of the molecule is COc1ccc(OC)c(N2CCCNC(C)C2)c1. The lowest BCUT2D eigenvalue weighted by Gasteiger charge is -2.26. The Morgan fingerprint density at radius 2 is 2.11 bits per heavy atom. The molecule has 1 aliphatic rings. The zero-order chi connectivity index (χ0) is 13.0. The van der Waals surface area contributed by atoms with Crippen molar-refractivity contribution in [2.75, 3.05) is 38.8 Å².